The zero-order chi connectivity index (χ0) is 17.9. The highest BCUT2D eigenvalue weighted by Crippen LogP contribution is 2.29. The first kappa shape index (κ1) is 18.3. The molecule has 4 amide bonds. The number of urea groups is 1. The van der Waals surface area contributed by atoms with Gasteiger partial charge in [-0.15, -0.1) is 0 Å². The Labute approximate surface area is 146 Å². The normalized spacial score (nSPS) is 20.5. The number of nitrogens with zero attached hydrogens (tertiary/aromatic N) is 1. The van der Waals surface area contributed by atoms with E-state index in [-0.39, 0.29) is 12.5 Å². The van der Waals surface area contributed by atoms with E-state index in [9.17, 15) is 14.4 Å². The Balaban J connectivity index is 2.05. The molecule has 24 heavy (non-hydrogen) atoms. The van der Waals surface area contributed by atoms with E-state index in [1.165, 1.54) is 0 Å². The molecule has 1 aromatic carbocycles. The van der Waals surface area contributed by atoms with Gasteiger partial charge in [0.05, 0.1) is 0 Å². The Hall–Kier alpha value is -2.08. The number of hydrogen-bond donors (Lipinski definition) is 2. The predicted octanol–water partition coefficient (Wildman–Crippen LogP) is 2.27. The van der Waals surface area contributed by atoms with E-state index >= 15 is 0 Å². The van der Waals surface area contributed by atoms with Crippen molar-refractivity contribution in [3.05, 3.63) is 34.9 Å². The van der Waals surface area contributed by atoms with Gasteiger partial charge in [-0.1, -0.05) is 37.6 Å². The second kappa shape index (κ2) is 7.21. The molecule has 1 aliphatic rings. The third kappa shape index (κ3) is 3.87. The number of amides is 4. The van der Waals surface area contributed by atoms with E-state index in [1.807, 2.05) is 0 Å². The number of benzene rings is 1. The number of hydrogen-bond acceptors (Lipinski definition) is 3. The molecule has 2 rings (SSSR count). The van der Waals surface area contributed by atoms with Crippen LogP contribution in [-0.4, -0.2) is 35.8 Å². The topological polar surface area (TPSA) is 78.5 Å². The summed E-state index contributed by atoms with van der Waals surface area (Å²) in [6, 6.07) is 6.11. The van der Waals surface area contributed by atoms with Crippen molar-refractivity contribution >= 4 is 29.4 Å². The average Bonchev–Trinajstić information content (AvgIpc) is 2.72. The molecule has 1 aliphatic heterocycles. The lowest BCUT2D eigenvalue weighted by Gasteiger charge is -2.22. The quantitative estimate of drug-likeness (QED) is 0.772. The Bertz CT molecular complexity index is 645. The standard InChI is InChI=1S/C17H22ClN3O3/c1-11(2)8-9-19-14(22)10-21-15(23)17(3,20-16(21)24)12-4-6-13(18)7-5-12/h4-7,11H,8-10H2,1-3H3,(H,19,22)(H,20,24). The SMILES string of the molecule is CC(C)CCNC(=O)CN1C(=O)NC(C)(c2ccc(Cl)cc2)C1=O. The third-order valence-corrected chi connectivity index (χ3v) is 4.29. The molecule has 1 aromatic rings. The van der Waals surface area contributed by atoms with E-state index in [0.29, 0.717) is 23.0 Å². The molecule has 0 aromatic heterocycles. The number of carbonyl (C=O) groups is 3. The first-order valence-corrected chi connectivity index (χ1v) is 8.28. The summed E-state index contributed by atoms with van der Waals surface area (Å²) < 4.78 is 0. The highest BCUT2D eigenvalue weighted by molar-refractivity contribution is 6.30. The molecular weight excluding hydrogens is 330 g/mol. The first-order chi connectivity index (χ1) is 11.2. The zero-order valence-electron chi connectivity index (χ0n) is 14.1. The van der Waals surface area contributed by atoms with E-state index in [4.69, 9.17) is 11.6 Å². The van der Waals surface area contributed by atoms with Crippen LogP contribution in [0.25, 0.3) is 0 Å². The fourth-order valence-corrected chi connectivity index (χ4v) is 2.65. The molecule has 0 bridgehead atoms. The van der Waals surface area contributed by atoms with Crippen molar-refractivity contribution in [3.8, 4) is 0 Å². The molecule has 7 heteroatoms. The number of nitrogens with one attached hydrogen (secondary N) is 2. The summed E-state index contributed by atoms with van der Waals surface area (Å²) >= 11 is 5.86. The van der Waals surface area contributed by atoms with E-state index in [0.717, 1.165) is 11.3 Å². The summed E-state index contributed by atoms with van der Waals surface area (Å²) in [7, 11) is 0. The van der Waals surface area contributed by atoms with Crippen molar-refractivity contribution in [2.24, 2.45) is 5.92 Å². The smallest absolute Gasteiger partial charge is 0.325 e. The van der Waals surface area contributed by atoms with E-state index in [1.54, 1.807) is 31.2 Å². The second-order valence-corrected chi connectivity index (χ2v) is 6.92. The molecule has 0 radical (unpaired) electrons. The van der Waals surface area contributed by atoms with Crippen molar-refractivity contribution in [2.75, 3.05) is 13.1 Å². The second-order valence-electron chi connectivity index (χ2n) is 6.49. The van der Waals surface area contributed by atoms with Crippen molar-refractivity contribution in [2.45, 2.75) is 32.7 Å². The Morgan fingerprint density at radius 2 is 1.92 bits per heavy atom. The highest BCUT2D eigenvalue weighted by Gasteiger charge is 2.49. The lowest BCUT2D eigenvalue weighted by atomic mass is 9.92. The minimum Gasteiger partial charge on any atom is -0.355 e. The fraction of sp³-hybridized carbons (Fsp3) is 0.471. The molecule has 0 spiro atoms. The van der Waals surface area contributed by atoms with Crippen LogP contribution in [0, 0.1) is 5.92 Å². The largest absolute Gasteiger partial charge is 0.355 e. The van der Waals surface area contributed by atoms with Gasteiger partial charge in [-0.05, 0) is 37.0 Å². The van der Waals surface area contributed by atoms with Gasteiger partial charge < -0.3 is 10.6 Å². The monoisotopic (exact) mass is 351 g/mol. The maximum Gasteiger partial charge on any atom is 0.325 e. The highest BCUT2D eigenvalue weighted by atomic mass is 35.5. The molecule has 1 heterocycles. The van der Waals surface area contributed by atoms with Crippen LogP contribution in [0.15, 0.2) is 24.3 Å². The number of halogens is 1. The van der Waals surface area contributed by atoms with Crippen LogP contribution in [0.3, 0.4) is 0 Å². The minimum absolute atomic E-state index is 0.286. The van der Waals surface area contributed by atoms with E-state index in [2.05, 4.69) is 24.5 Å². The van der Waals surface area contributed by atoms with Gasteiger partial charge in [0.25, 0.3) is 5.91 Å². The number of rotatable bonds is 6. The van der Waals surface area contributed by atoms with Gasteiger partial charge in [0.2, 0.25) is 5.91 Å². The molecule has 1 saturated heterocycles. The number of carbonyl (C=O) groups excluding carboxylic acids is 3. The van der Waals surface area contributed by atoms with Crippen LogP contribution < -0.4 is 10.6 Å². The summed E-state index contributed by atoms with van der Waals surface area (Å²) in [5.74, 6) is -0.330. The van der Waals surface area contributed by atoms with Crippen LogP contribution in [0.4, 0.5) is 4.79 Å². The zero-order valence-corrected chi connectivity index (χ0v) is 14.8. The molecule has 0 aliphatic carbocycles. The van der Waals surface area contributed by atoms with Crippen LogP contribution >= 0.6 is 11.6 Å². The van der Waals surface area contributed by atoms with Crippen LogP contribution in [0.1, 0.15) is 32.8 Å². The maximum absolute atomic E-state index is 12.7. The first-order valence-electron chi connectivity index (χ1n) is 7.91. The molecule has 2 N–H and O–H groups in total. The molecule has 0 saturated carbocycles. The van der Waals surface area contributed by atoms with Crippen LogP contribution in [-0.2, 0) is 15.1 Å². The molecular formula is C17H22ClN3O3. The fourth-order valence-electron chi connectivity index (χ4n) is 2.52. The van der Waals surface area contributed by atoms with Crippen molar-refractivity contribution in [1.29, 1.82) is 0 Å². The Morgan fingerprint density at radius 3 is 2.50 bits per heavy atom. The molecule has 130 valence electrons. The van der Waals surface area contributed by atoms with Gasteiger partial charge >= 0.3 is 6.03 Å². The maximum atomic E-state index is 12.7. The third-order valence-electron chi connectivity index (χ3n) is 4.04. The van der Waals surface area contributed by atoms with Gasteiger partial charge in [-0.3, -0.25) is 14.5 Å². The van der Waals surface area contributed by atoms with Gasteiger partial charge in [0.15, 0.2) is 0 Å². The molecule has 6 nitrogen and oxygen atoms in total. The molecule has 1 unspecified atom stereocenters. The van der Waals surface area contributed by atoms with Gasteiger partial charge in [-0.25, -0.2) is 4.79 Å². The Kier molecular flexibility index (Phi) is 5.49. The summed E-state index contributed by atoms with van der Waals surface area (Å²) in [6.45, 7) is 5.97. The molecule has 1 fully saturated rings. The van der Waals surface area contributed by atoms with E-state index < -0.39 is 17.5 Å². The summed E-state index contributed by atoms with van der Waals surface area (Å²) in [5, 5.41) is 5.93. The lowest BCUT2D eigenvalue weighted by molar-refractivity contribution is -0.134. The van der Waals surface area contributed by atoms with Crippen LogP contribution in [0.5, 0.6) is 0 Å². The Morgan fingerprint density at radius 1 is 1.29 bits per heavy atom. The van der Waals surface area contributed by atoms with Crippen LogP contribution in [0.2, 0.25) is 5.02 Å². The number of imide groups is 1. The average molecular weight is 352 g/mol. The lowest BCUT2D eigenvalue weighted by Crippen LogP contribution is -2.43. The van der Waals surface area contributed by atoms with Gasteiger partial charge in [0, 0.05) is 11.6 Å². The minimum atomic E-state index is -1.19. The summed E-state index contributed by atoms with van der Waals surface area (Å²) in [6.07, 6.45) is 0.842. The summed E-state index contributed by atoms with van der Waals surface area (Å²) in [5.41, 5.74) is -0.576. The van der Waals surface area contributed by atoms with Gasteiger partial charge in [-0.2, -0.15) is 0 Å². The molecule has 1 atom stereocenters. The van der Waals surface area contributed by atoms with Crippen molar-refractivity contribution < 1.29 is 14.4 Å². The summed E-state index contributed by atoms with van der Waals surface area (Å²) in [4.78, 5) is 37.7. The van der Waals surface area contributed by atoms with Crippen molar-refractivity contribution in [3.63, 3.8) is 0 Å². The van der Waals surface area contributed by atoms with Gasteiger partial charge in [0.1, 0.15) is 12.1 Å². The van der Waals surface area contributed by atoms with Crippen molar-refractivity contribution in [1.82, 2.24) is 15.5 Å². The predicted molar refractivity (Wildman–Crippen MR) is 91.5 cm³/mol.